The predicted molar refractivity (Wildman–Crippen MR) is 145 cm³/mol. The van der Waals surface area contributed by atoms with Crippen LogP contribution in [0.1, 0.15) is 45.2 Å². The lowest BCUT2D eigenvalue weighted by Crippen LogP contribution is -2.46. The zero-order valence-electron chi connectivity index (χ0n) is 22.2. The maximum atomic E-state index is 15.4. The quantitative estimate of drug-likeness (QED) is 0.509. The number of carbonyl (C=O) groups excluding carboxylic acids is 1. The van der Waals surface area contributed by atoms with E-state index in [-0.39, 0.29) is 34.8 Å². The molecule has 0 radical (unpaired) electrons. The van der Waals surface area contributed by atoms with E-state index in [4.69, 9.17) is 0 Å². The van der Waals surface area contributed by atoms with Crippen molar-refractivity contribution >= 4 is 28.9 Å². The molecule has 0 unspecified atom stereocenters. The normalized spacial score (nSPS) is 16.6. The number of rotatable bonds is 5. The van der Waals surface area contributed by atoms with Crippen LogP contribution in [0.5, 0.6) is 0 Å². The maximum Gasteiger partial charge on any atom is 0.227 e. The molecule has 1 aromatic carbocycles. The molecule has 8 nitrogen and oxygen atoms in total. The van der Waals surface area contributed by atoms with Crippen LogP contribution >= 0.6 is 0 Å². The number of amides is 1. The Morgan fingerprint density at radius 1 is 1.03 bits per heavy atom. The van der Waals surface area contributed by atoms with Crippen LogP contribution in [0, 0.1) is 11.6 Å². The number of halogens is 2. The highest BCUT2D eigenvalue weighted by Gasteiger charge is 2.30. The van der Waals surface area contributed by atoms with Gasteiger partial charge in [0.05, 0.1) is 23.8 Å². The predicted octanol–water partition coefficient (Wildman–Crippen LogP) is 4.95. The van der Waals surface area contributed by atoms with E-state index in [1.807, 2.05) is 30.9 Å². The zero-order valence-corrected chi connectivity index (χ0v) is 22.2. The summed E-state index contributed by atoms with van der Waals surface area (Å²) in [6.45, 7) is 8.46. The minimum atomic E-state index is -0.666. The maximum absolute atomic E-state index is 15.4. The summed E-state index contributed by atoms with van der Waals surface area (Å²) < 4.78 is 30.4. The number of hydrogen-bond acceptors (Lipinski definition) is 7. The van der Waals surface area contributed by atoms with E-state index in [0.29, 0.717) is 30.4 Å². The van der Waals surface area contributed by atoms with E-state index in [1.54, 1.807) is 12.3 Å². The van der Waals surface area contributed by atoms with Gasteiger partial charge < -0.3 is 20.0 Å². The Morgan fingerprint density at radius 3 is 2.45 bits per heavy atom. The lowest BCUT2D eigenvalue weighted by atomic mass is 9.93. The van der Waals surface area contributed by atoms with Gasteiger partial charge in [0.15, 0.2) is 5.82 Å². The Balaban J connectivity index is 1.43. The van der Waals surface area contributed by atoms with Gasteiger partial charge in [-0.2, -0.15) is 0 Å². The second kappa shape index (κ2) is 10.6. The lowest BCUT2D eigenvalue weighted by molar-refractivity contribution is -0.116. The van der Waals surface area contributed by atoms with Crippen LogP contribution in [0.3, 0.4) is 0 Å². The van der Waals surface area contributed by atoms with Crippen LogP contribution in [0.25, 0.3) is 11.3 Å². The average molecular weight is 522 g/mol. The lowest BCUT2D eigenvalue weighted by Gasteiger charge is -2.40. The average Bonchev–Trinajstić information content (AvgIpc) is 2.90. The van der Waals surface area contributed by atoms with Crippen molar-refractivity contribution in [3.05, 3.63) is 54.0 Å². The van der Waals surface area contributed by atoms with E-state index in [1.165, 1.54) is 17.9 Å². The number of likely N-dealkylation sites (tertiary alicyclic amines) is 1. The molecule has 4 heterocycles. The first-order valence-electron chi connectivity index (χ1n) is 13.0. The molecule has 10 heteroatoms. The van der Waals surface area contributed by atoms with E-state index >= 15 is 4.39 Å². The van der Waals surface area contributed by atoms with Crippen LogP contribution in [-0.2, 0) is 4.79 Å². The van der Waals surface area contributed by atoms with Gasteiger partial charge in [0, 0.05) is 43.2 Å². The Kier molecular flexibility index (Phi) is 7.25. The number of piperidine rings is 1. The van der Waals surface area contributed by atoms with Crippen LogP contribution < -0.4 is 15.1 Å². The fourth-order valence-electron chi connectivity index (χ4n) is 5.28. The van der Waals surface area contributed by atoms with Gasteiger partial charge in [-0.1, -0.05) is 0 Å². The molecular weight excluding hydrogens is 488 g/mol. The standard InChI is InChI=1S/C28H33F2N7O/c1-17(2)36-11-12-37(18(3)38)27-22(29)13-20(14-25(27)36)26-23(30)16-32-28(34-26)33-21-5-6-24(31-15-21)19-7-9-35(4)10-8-19/h5-6,13-17,19H,7-12H2,1-4H3,(H,32,33,34). The van der Waals surface area contributed by atoms with Gasteiger partial charge in [0.25, 0.3) is 0 Å². The summed E-state index contributed by atoms with van der Waals surface area (Å²) in [5.74, 6) is -0.881. The van der Waals surface area contributed by atoms with Crippen molar-refractivity contribution in [3.63, 3.8) is 0 Å². The first-order chi connectivity index (χ1) is 18.2. The van der Waals surface area contributed by atoms with Crippen LogP contribution in [0.2, 0.25) is 0 Å². The molecule has 2 aliphatic heterocycles. The fourth-order valence-corrected chi connectivity index (χ4v) is 5.28. The third kappa shape index (κ3) is 5.18. The van der Waals surface area contributed by atoms with Crippen molar-refractivity contribution in [2.75, 3.05) is 48.3 Å². The monoisotopic (exact) mass is 521 g/mol. The molecule has 0 atom stereocenters. The van der Waals surface area contributed by atoms with Gasteiger partial charge in [0.1, 0.15) is 17.2 Å². The van der Waals surface area contributed by atoms with E-state index < -0.39 is 11.6 Å². The molecule has 1 fully saturated rings. The highest BCUT2D eigenvalue weighted by Crippen LogP contribution is 2.40. The van der Waals surface area contributed by atoms with Crippen LogP contribution in [0.4, 0.5) is 31.8 Å². The minimum Gasteiger partial charge on any atom is -0.366 e. The number of pyridine rings is 1. The van der Waals surface area contributed by atoms with Crippen LogP contribution in [-0.4, -0.2) is 65.0 Å². The van der Waals surface area contributed by atoms with E-state index in [9.17, 15) is 9.18 Å². The second-order valence-electron chi connectivity index (χ2n) is 10.3. The number of aromatic nitrogens is 3. The molecule has 200 valence electrons. The zero-order chi connectivity index (χ0) is 27.0. The highest BCUT2D eigenvalue weighted by atomic mass is 19.1. The number of anilines is 4. The minimum absolute atomic E-state index is 0.0243. The molecule has 5 rings (SSSR count). The van der Waals surface area contributed by atoms with E-state index in [2.05, 4.69) is 32.2 Å². The fraction of sp³-hybridized carbons (Fsp3) is 0.429. The van der Waals surface area contributed by atoms with E-state index in [0.717, 1.165) is 37.8 Å². The van der Waals surface area contributed by atoms with Gasteiger partial charge >= 0.3 is 0 Å². The van der Waals surface area contributed by atoms with Crippen molar-refractivity contribution < 1.29 is 13.6 Å². The first kappa shape index (κ1) is 26.0. The molecule has 1 N–H and O–H groups in total. The summed E-state index contributed by atoms with van der Waals surface area (Å²) in [5.41, 5.74) is 2.74. The molecular formula is C28H33F2N7O. The second-order valence-corrected chi connectivity index (χ2v) is 10.3. The molecule has 1 amide bonds. The SMILES string of the molecule is CC(=O)N1CCN(C(C)C)c2cc(-c3nc(Nc4ccc(C5CCN(C)CC5)nc4)ncc3F)cc(F)c21. The molecule has 2 aromatic heterocycles. The number of carbonyl (C=O) groups is 1. The smallest absolute Gasteiger partial charge is 0.227 e. The topological polar surface area (TPSA) is 77.5 Å². The number of nitrogens with zero attached hydrogens (tertiary/aromatic N) is 6. The summed E-state index contributed by atoms with van der Waals surface area (Å²) in [6, 6.07) is 6.91. The van der Waals surface area contributed by atoms with Crippen molar-refractivity contribution in [1.82, 2.24) is 19.9 Å². The van der Waals surface area contributed by atoms with Crippen molar-refractivity contribution in [2.45, 2.75) is 45.6 Å². The third-order valence-electron chi connectivity index (χ3n) is 7.39. The summed E-state index contributed by atoms with van der Waals surface area (Å²) in [4.78, 5) is 31.0. The summed E-state index contributed by atoms with van der Waals surface area (Å²) in [6.07, 6.45) is 4.97. The summed E-state index contributed by atoms with van der Waals surface area (Å²) in [7, 11) is 2.13. The number of benzene rings is 1. The first-order valence-corrected chi connectivity index (χ1v) is 13.0. The molecule has 0 bridgehead atoms. The number of nitrogens with one attached hydrogen (secondary N) is 1. The number of hydrogen-bond donors (Lipinski definition) is 1. The molecule has 2 aliphatic rings. The van der Waals surface area contributed by atoms with Crippen molar-refractivity contribution in [3.8, 4) is 11.3 Å². The van der Waals surface area contributed by atoms with Gasteiger partial charge in [0.2, 0.25) is 11.9 Å². The Morgan fingerprint density at radius 2 is 1.79 bits per heavy atom. The Hall–Kier alpha value is -3.66. The number of fused-ring (bicyclic) bond motifs is 1. The molecule has 1 saturated heterocycles. The van der Waals surface area contributed by atoms with Gasteiger partial charge in [-0.25, -0.2) is 18.7 Å². The third-order valence-corrected chi connectivity index (χ3v) is 7.39. The largest absolute Gasteiger partial charge is 0.366 e. The van der Waals surface area contributed by atoms with Gasteiger partial charge in [-0.15, -0.1) is 0 Å². The van der Waals surface area contributed by atoms with Gasteiger partial charge in [-0.3, -0.25) is 9.78 Å². The van der Waals surface area contributed by atoms with Gasteiger partial charge in [-0.05, 0) is 71.1 Å². The van der Waals surface area contributed by atoms with Crippen molar-refractivity contribution in [1.29, 1.82) is 0 Å². The Labute approximate surface area is 221 Å². The van der Waals surface area contributed by atoms with Crippen LogP contribution in [0.15, 0.2) is 36.7 Å². The Bertz CT molecular complexity index is 1320. The van der Waals surface area contributed by atoms with Crippen molar-refractivity contribution in [2.24, 2.45) is 0 Å². The molecule has 0 saturated carbocycles. The molecule has 38 heavy (non-hydrogen) atoms. The summed E-state index contributed by atoms with van der Waals surface area (Å²) in [5, 5.41) is 3.09. The molecule has 0 aliphatic carbocycles. The summed E-state index contributed by atoms with van der Waals surface area (Å²) >= 11 is 0. The highest BCUT2D eigenvalue weighted by molar-refractivity contribution is 5.97. The molecule has 0 spiro atoms. The molecule has 3 aromatic rings.